The monoisotopic (exact) mass is 282 g/mol. The molecule has 0 radical (unpaired) electrons. The summed E-state index contributed by atoms with van der Waals surface area (Å²) < 4.78 is 62.0. The van der Waals surface area contributed by atoms with Gasteiger partial charge in [0.05, 0.1) is 18.0 Å². The molecule has 1 aromatic carbocycles. The van der Waals surface area contributed by atoms with Crippen LogP contribution in [0.4, 0.5) is 13.2 Å². The number of hydrogen-bond acceptors (Lipinski definition) is 3. The van der Waals surface area contributed by atoms with Gasteiger partial charge in [0.15, 0.2) is 0 Å². The van der Waals surface area contributed by atoms with Crippen molar-refractivity contribution < 1.29 is 21.6 Å². The predicted molar refractivity (Wildman–Crippen MR) is 61.1 cm³/mol. The summed E-state index contributed by atoms with van der Waals surface area (Å²) in [5.41, 5.74) is -0.501. The second-order valence-corrected chi connectivity index (χ2v) is 5.44. The van der Waals surface area contributed by atoms with E-state index in [1.54, 1.807) is 7.05 Å². The van der Waals surface area contributed by atoms with Gasteiger partial charge in [-0.1, -0.05) is 12.1 Å². The minimum Gasteiger partial charge on any atom is -0.307 e. The summed E-state index contributed by atoms with van der Waals surface area (Å²) >= 11 is 0. The summed E-state index contributed by atoms with van der Waals surface area (Å²) in [7, 11) is -1.97. The van der Waals surface area contributed by atoms with E-state index in [1.165, 1.54) is 0 Å². The van der Waals surface area contributed by atoms with E-state index in [1.807, 2.05) is 0 Å². The Kier molecular flexibility index (Phi) is 4.71. The van der Waals surface area contributed by atoms with Gasteiger partial charge in [-0.25, -0.2) is 13.1 Å². The molecule has 0 aliphatic rings. The molecule has 0 spiro atoms. The third kappa shape index (κ3) is 4.63. The first-order valence-electron chi connectivity index (χ1n) is 5.03. The summed E-state index contributed by atoms with van der Waals surface area (Å²) in [5, 5.41) is 2.60. The van der Waals surface area contributed by atoms with Gasteiger partial charge >= 0.3 is 6.18 Å². The average molecular weight is 282 g/mol. The van der Waals surface area contributed by atoms with Gasteiger partial charge in [-0.2, -0.15) is 13.2 Å². The van der Waals surface area contributed by atoms with E-state index in [9.17, 15) is 21.6 Å². The predicted octanol–water partition coefficient (Wildman–Crippen LogP) is 1.30. The molecular weight excluding hydrogens is 269 g/mol. The fraction of sp³-hybridized carbons (Fsp3) is 0.400. The second-order valence-electron chi connectivity index (χ2n) is 3.63. The highest BCUT2D eigenvalue weighted by Gasteiger charge is 2.30. The van der Waals surface area contributed by atoms with Crippen molar-refractivity contribution in [1.82, 2.24) is 10.0 Å². The SMILES string of the molecule is CNCNS(=O)(=O)Cc1ccc(C(F)(F)F)cc1. The Bertz CT molecular complexity index is 483. The second kappa shape index (κ2) is 5.68. The summed E-state index contributed by atoms with van der Waals surface area (Å²) in [6, 6.07) is 4.04. The molecule has 0 bridgehead atoms. The molecule has 18 heavy (non-hydrogen) atoms. The van der Waals surface area contributed by atoms with Crippen LogP contribution in [0.2, 0.25) is 0 Å². The molecule has 0 aliphatic carbocycles. The highest BCUT2D eigenvalue weighted by atomic mass is 32.2. The van der Waals surface area contributed by atoms with E-state index in [0.717, 1.165) is 24.3 Å². The van der Waals surface area contributed by atoms with Crippen LogP contribution in [0.3, 0.4) is 0 Å². The maximum atomic E-state index is 12.3. The van der Waals surface area contributed by atoms with Gasteiger partial charge < -0.3 is 5.32 Å². The average Bonchev–Trinajstić information content (AvgIpc) is 2.25. The summed E-state index contributed by atoms with van der Waals surface area (Å²) in [6.07, 6.45) is -4.41. The third-order valence-electron chi connectivity index (χ3n) is 2.11. The Balaban J connectivity index is 2.75. The van der Waals surface area contributed by atoms with Crippen molar-refractivity contribution in [2.45, 2.75) is 11.9 Å². The van der Waals surface area contributed by atoms with Crippen LogP contribution in [0.5, 0.6) is 0 Å². The summed E-state index contributed by atoms with van der Waals surface area (Å²) in [6.45, 7) is 0.0724. The molecule has 8 heteroatoms. The molecule has 1 aromatic rings. The maximum Gasteiger partial charge on any atom is 0.416 e. The topological polar surface area (TPSA) is 58.2 Å². The Morgan fingerprint density at radius 2 is 1.72 bits per heavy atom. The smallest absolute Gasteiger partial charge is 0.307 e. The quantitative estimate of drug-likeness (QED) is 0.800. The Hall–Kier alpha value is -1.12. The molecule has 0 heterocycles. The minimum atomic E-state index is -4.41. The molecule has 0 aromatic heterocycles. The molecule has 0 saturated heterocycles. The van der Waals surface area contributed by atoms with E-state index in [4.69, 9.17) is 0 Å². The van der Waals surface area contributed by atoms with Crippen molar-refractivity contribution in [3.8, 4) is 0 Å². The van der Waals surface area contributed by atoms with E-state index >= 15 is 0 Å². The molecule has 0 amide bonds. The van der Waals surface area contributed by atoms with Gasteiger partial charge in [0.25, 0.3) is 0 Å². The Morgan fingerprint density at radius 3 is 2.17 bits per heavy atom. The van der Waals surface area contributed by atoms with Crippen molar-refractivity contribution in [1.29, 1.82) is 0 Å². The first-order chi connectivity index (χ1) is 8.24. The van der Waals surface area contributed by atoms with Crippen LogP contribution in [0.1, 0.15) is 11.1 Å². The first-order valence-corrected chi connectivity index (χ1v) is 6.68. The Morgan fingerprint density at radius 1 is 1.17 bits per heavy atom. The zero-order valence-corrected chi connectivity index (χ0v) is 10.4. The summed E-state index contributed by atoms with van der Waals surface area (Å²) in [4.78, 5) is 0. The van der Waals surface area contributed by atoms with Gasteiger partial charge in [-0.15, -0.1) is 0 Å². The normalized spacial score (nSPS) is 12.7. The standard InChI is InChI=1S/C10H13F3N2O2S/c1-14-7-15-18(16,17)6-8-2-4-9(5-3-8)10(11,12)13/h2-5,14-15H,6-7H2,1H3. The van der Waals surface area contributed by atoms with Gasteiger partial charge in [0, 0.05) is 0 Å². The van der Waals surface area contributed by atoms with Gasteiger partial charge in [0.2, 0.25) is 10.0 Å². The van der Waals surface area contributed by atoms with Crippen molar-refractivity contribution >= 4 is 10.0 Å². The zero-order chi connectivity index (χ0) is 13.8. The van der Waals surface area contributed by atoms with Crippen LogP contribution >= 0.6 is 0 Å². The molecule has 2 N–H and O–H groups in total. The maximum absolute atomic E-state index is 12.3. The summed E-state index contributed by atoms with van der Waals surface area (Å²) in [5.74, 6) is -0.354. The van der Waals surface area contributed by atoms with Gasteiger partial charge in [0.1, 0.15) is 0 Å². The number of benzene rings is 1. The third-order valence-corrected chi connectivity index (χ3v) is 3.40. The zero-order valence-electron chi connectivity index (χ0n) is 9.58. The van der Waals surface area contributed by atoms with Crippen LogP contribution < -0.4 is 10.0 Å². The number of nitrogens with one attached hydrogen (secondary N) is 2. The number of halogens is 3. The van der Waals surface area contributed by atoms with E-state index in [2.05, 4.69) is 10.0 Å². The van der Waals surface area contributed by atoms with Gasteiger partial charge in [-0.3, -0.25) is 0 Å². The minimum absolute atomic E-state index is 0.0724. The van der Waals surface area contributed by atoms with Crippen molar-refractivity contribution in [2.75, 3.05) is 13.7 Å². The molecule has 0 fully saturated rings. The number of alkyl halides is 3. The first kappa shape index (κ1) is 14.9. The van der Waals surface area contributed by atoms with Crippen LogP contribution in [-0.2, 0) is 22.0 Å². The fourth-order valence-corrected chi connectivity index (χ4v) is 2.34. The van der Waals surface area contributed by atoms with Crippen molar-refractivity contribution in [3.63, 3.8) is 0 Å². The molecule has 102 valence electrons. The van der Waals surface area contributed by atoms with Crippen LogP contribution in [0.15, 0.2) is 24.3 Å². The van der Waals surface area contributed by atoms with Crippen LogP contribution in [-0.4, -0.2) is 22.1 Å². The molecular formula is C10H13F3N2O2S. The fourth-order valence-electron chi connectivity index (χ4n) is 1.24. The lowest BCUT2D eigenvalue weighted by molar-refractivity contribution is -0.137. The molecule has 0 aliphatic heterocycles. The molecule has 0 saturated carbocycles. The molecule has 4 nitrogen and oxygen atoms in total. The van der Waals surface area contributed by atoms with Gasteiger partial charge in [-0.05, 0) is 24.7 Å². The van der Waals surface area contributed by atoms with Crippen LogP contribution in [0, 0.1) is 0 Å². The lowest BCUT2D eigenvalue weighted by atomic mass is 10.1. The number of rotatable bonds is 5. The lowest BCUT2D eigenvalue weighted by Gasteiger charge is -2.08. The number of sulfonamides is 1. The lowest BCUT2D eigenvalue weighted by Crippen LogP contribution is -2.32. The van der Waals surface area contributed by atoms with E-state index in [-0.39, 0.29) is 12.4 Å². The van der Waals surface area contributed by atoms with Crippen molar-refractivity contribution in [2.24, 2.45) is 0 Å². The van der Waals surface area contributed by atoms with Crippen molar-refractivity contribution in [3.05, 3.63) is 35.4 Å². The Labute approximate surface area is 103 Å². The van der Waals surface area contributed by atoms with Crippen LogP contribution in [0.25, 0.3) is 0 Å². The number of hydrogen-bond donors (Lipinski definition) is 2. The largest absolute Gasteiger partial charge is 0.416 e. The highest BCUT2D eigenvalue weighted by Crippen LogP contribution is 2.29. The highest BCUT2D eigenvalue weighted by molar-refractivity contribution is 7.88. The molecule has 0 atom stereocenters. The van der Waals surface area contributed by atoms with E-state index < -0.39 is 21.8 Å². The van der Waals surface area contributed by atoms with E-state index in [0.29, 0.717) is 5.56 Å². The molecule has 1 rings (SSSR count). The molecule has 0 unspecified atom stereocenters.